The molecule has 1 unspecified atom stereocenters. The maximum atomic E-state index is 15.0. The minimum Gasteiger partial charge on any atom is -0.357 e. The summed E-state index contributed by atoms with van der Waals surface area (Å²) in [5.41, 5.74) is 3.53. The Labute approximate surface area is 174 Å². The summed E-state index contributed by atoms with van der Waals surface area (Å²) in [5, 5.41) is 5.39. The van der Waals surface area contributed by atoms with Gasteiger partial charge >= 0.3 is 0 Å². The Kier molecular flexibility index (Phi) is 5.11. The molecule has 150 valence electrons. The Hall–Kier alpha value is -3.31. The van der Waals surface area contributed by atoms with Crippen LogP contribution in [0.2, 0.25) is 0 Å². The van der Waals surface area contributed by atoms with Gasteiger partial charge in [-0.05, 0) is 25.3 Å². The molecule has 30 heavy (non-hydrogen) atoms. The molecule has 1 atom stereocenters. The molecule has 1 aliphatic rings. The molecule has 0 spiro atoms. The summed E-state index contributed by atoms with van der Waals surface area (Å²) in [6.45, 7) is 0.738. The van der Waals surface area contributed by atoms with Crippen molar-refractivity contribution in [1.82, 2.24) is 9.78 Å². The molecule has 0 saturated carbocycles. The lowest BCUT2D eigenvalue weighted by Gasteiger charge is -2.22. The number of ether oxygens (including phenoxy) is 1. The average Bonchev–Trinajstić information content (AvgIpc) is 3.22. The van der Waals surface area contributed by atoms with E-state index in [2.05, 4.69) is 5.10 Å². The summed E-state index contributed by atoms with van der Waals surface area (Å²) in [5.74, 6) is -0.387. The number of nitrogens with zero attached hydrogens (tertiary/aromatic N) is 3. The smallest absolute Gasteiger partial charge is 0.151 e. The van der Waals surface area contributed by atoms with E-state index in [9.17, 15) is 4.39 Å². The van der Waals surface area contributed by atoms with Crippen LogP contribution >= 0.6 is 0 Å². The predicted molar refractivity (Wildman–Crippen MR) is 117 cm³/mol. The fourth-order valence-corrected chi connectivity index (χ4v) is 3.83. The molecule has 5 heteroatoms. The molecule has 0 amide bonds. The van der Waals surface area contributed by atoms with Crippen molar-refractivity contribution in [2.24, 2.45) is 4.99 Å². The number of fused-ring (bicyclic) bond motifs is 1. The van der Waals surface area contributed by atoms with Gasteiger partial charge in [0.15, 0.2) is 5.82 Å². The van der Waals surface area contributed by atoms with E-state index >= 15 is 0 Å². The van der Waals surface area contributed by atoms with E-state index in [0.717, 1.165) is 48.1 Å². The van der Waals surface area contributed by atoms with Crippen molar-refractivity contribution in [3.8, 4) is 0 Å². The van der Waals surface area contributed by atoms with Gasteiger partial charge in [-0.15, -0.1) is 0 Å². The largest absolute Gasteiger partial charge is 0.357 e. The minimum atomic E-state index is -0.387. The number of halogens is 1. The van der Waals surface area contributed by atoms with Crippen LogP contribution in [0.1, 0.15) is 36.6 Å². The van der Waals surface area contributed by atoms with E-state index in [1.807, 2.05) is 71.5 Å². The molecule has 4 nitrogen and oxygen atoms in total. The lowest BCUT2D eigenvalue weighted by molar-refractivity contribution is -0.0390. The van der Waals surface area contributed by atoms with E-state index in [-0.39, 0.29) is 12.0 Å². The SMILES string of the molecule is Fc1cc2nn(C3CCCCO3)cc2cc1N=C(c1ccccc1)c1ccccc1. The summed E-state index contributed by atoms with van der Waals surface area (Å²) in [6, 6.07) is 22.9. The second-order valence-corrected chi connectivity index (χ2v) is 7.49. The van der Waals surface area contributed by atoms with E-state index < -0.39 is 0 Å². The van der Waals surface area contributed by atoms with Crippen molar-refractivity contribution in [3.05, 3.63) is 95.9 Å². The van der Waals surface area contributed by atoms with Gasteiger partial charge in [-0.25, -0.2) is 14.1 Å². The zero-order valence-corrected chi connectivity index (χ0v) is 16.5. The minimum absolute atomic E-state index is 0.0784. The van der Waals surface area contributed by atoms with Crippen LogP contribution in [0.4, 0.5) is 10.1 Å². The van der Waals surface area contributed by atoms with Crippen molar-refractivity contribution < 1.29 is 9.13 Å². The molecule has 1 saturated heterocycles. The fourth-order valence-electron chi connectivity index (χ4n) is 3.83. The summed E-state index contributed by atoms with van der Waals surface area (Å²) in [7, 11) is 0. The van der Waals surface area contributed by atoms with Crippen molar-refractivity contribution in [2.75, 3.05) is 6.61 Å². The first kappa shape index (κ1) is 18.7. The molecule has 3 aromatic carbocycles. The van der Waals surface area contributed by atoms with Gasteiger partial charge in [0.2, 0.25) is 0 Å². The Morgan fingerprint density at radius 1 is 0.967 bits per heavy atom. The number of hydrogen-bond acceptors (Lipinski definition) is 3. The van der Waals surface area contributed by atoms with Gasteiger partial charge in [0.25, 0.3) is 0 Å². The van der Waals surface area contributed by atoms with Crippen LogP contribution in [-0.4, -0.2) is 22.1 Å². The highest BCUT2D eigenvalue weighted by molar-refractivity contribution is 6.14. The third-order valence-corrected chi connectivity index (χ3v) is 5.37. The molecule has 0 N–H and O–H groups in total. The summed E-state index contributed by atoms with van der Waals surface area (Å²) in [4.78, 5) is 4.74. The van der Waals surface area contributed by atoms with Gasteiger partial charge < -0.3 is 4.74 Å². The van der Waals surface area contributed by atoms with Crippen LogP contribution < -0.4 is 0 Å². The molecular weight excluding hydrogens is 377 g/mol. The van der Waals surface area contributed by atoms with Crippen LogP contribution in [0, 0.1) is 5.82 Å². The van der Waals surface area contributed by atoms with Crippen molar-refractivity contribution in [2.45, 2.75) is 25.5 Å². The van der Waals surface area contributed by atoms with Gasteiger partial charge in [-0.1, -0.05) is 60.7 Å². The molecule has 0 aliphatic carbocycles. The molecule has 4 aromatic rings. The van der Waals surface area contributed by atoms with Gasteiger partial charge in [0.05, 0.1) is 11.2 Å². The van der Waals surface area contributed by atoms with E-state index in [1.165, 1.54) is 6.07 Å². The standard InChI is InChI=1S/C25H22FN3O/c26-21-16-22-20(17-29(28-22)24-13-7-8-14-30-24)15-23(21)27-25(18-9-3-1-4-10-18)19-11-5-2-6-12-19/h1-6,9-12,15-17,24H,7-8,13-14H2. The maximum Gasteiger partial charge on any atom is 0.151 e. The van der Waals surface area contributed by atoms with Crippen molar-refractivity contribution in [1.29, 1.82) is 0 Å². The van der Waals surface area contributed by atoms with Crippen molar-refractivity contribution in [3.63, 3.8) is 0 Å². The molecule has 2 heterocycles. The molecule has 0 radical (unpaired) electrons. The Bertz CT molecular complexity index is 1140. The molecule has 0 bridgehead atoms. The first-order valence-electron chi connectivity index (χ1n) is 10.3. The van der Waals surface area contributed by atoms with E-state index in [0.29, 0.717) is 11.2 Å². The van der Waals surface area contributed by atoms with Crippen LogP contribution in [0.15, 0.2) is 84.0 Å². The van der Waals surface area contributed by atoms with E-state index in [1.54, 1.807) is 6.07 Å². The average molecular weight is 399 g/mol. The molecule has 1 aliphatic heterocycles. The highest BCUT2D eigenvalue weighted by Crippen LogP contribution is 2.29. The van der Waals surface area contributed by atoms with Gasteiger partial charge in [0.1, 0.15) is 11.9 Å². The second kappa shape index (κ2) is 8.20. The zero-order chi connectivity index (χ0) is 20.3. The van der Waals surface area contributed by atoms with Gasteiger partial charge in [-0.3, -0.25) is 0 Å². The van der Waals surface area contributed by atoms with Gasteiger partial charge in [-0.2, -0.15) is 5.10 Å². The van der Waals surface area contributed by atoms with Gasteiger partial charge in [0, 0.05) is 35.4 Å². The predicted octanol–water partition coefficient (Wildman–Crippen LogP) is 6.04. The fraction of sp³-hybridized carbons (Fsp3) is 0.200. The van der Waals surface area contributed by atoms with Crippen LogP contribution in [0.5, 0.6) is 0 Å². The monoisotopic (exact) mass is 399 g/mol. The summed E-state index contributed by atoms with van der Waals surface area (Å²) in [6.07, 6.45) is 4.96. The topological polar surface area (TPSA) is 39.4 Å². The second-order valence-electron chi connectivity index (χ2n) is 7.49. The third kappa shape index (κ3) is 3.76. The van der Waals surface area contributed by atoms with Crippen LogP contribution in [0.3, 0.4) is 0 Å². The van der Waals surface area contributed by atoms with E-state index in [4.69, 9.17) is 9.73 Å². The number of benzene rings is 3. The maximum absolute atomic E-state index is 15.0. The molecule has 1 fully saturated rings. The van der Waals surface area contributed by atoms with Crippen molar-refractivity contribution >= 4 is 22.3 Å². The lowest BCUT2D eigenvalue weighted by atomic mass is 10.0. The van der Waals surface area contributed by atoms with Crippen LogP contribution in [-0.2, 0) is 4.74 Å². The molecule has 1 aromatic heterocycles. The molecular formula is C25H22FN3O. The number of rotatable bonds is 4. The van der Waals surface area contributed by atoms with Crippen LogP contribution in [0.25, 0.3) is 10.9 Å². The normalized spacial score (nSPS) is 16.5. The summed E-state index contributed by atoms with van der Waals surface area (Å²) >= 11 is 0. The Morgan fingerprint density at radius 2 is 1.67 bits per heavy atom. The highest BCUT2D eigenvalue weighted by atomic mass is 19.1. The Morgan fingerprint density at radius 3 is 2.30 bits per heavy atom. The lowest BCUT2D eigenvalue weighted by Crippen LogP contribution is -2.18. The summed E-state index contributed by atoms with van der Waals surface area (Å²) < 4.78 is 22.6. The number of aliphatic imine (C=N–C) groups is 1. The first-order valence-corrected chi connectivity index (χ1v) is 10.3. The third-order valence-electron chi connectivity index (χ3n) is 5.37. The highest BCUT2D eigenvalue weighted by Gasteiger charge is 2.18. The Balaban J connectivity index is 1.59. The first-order chi connectivity index (χ1) is 14.8. The zero-order valence-electron chi connectivity index (χ0n) is 16.5. The molecule has 5 rings (SSSR count). The number of hydrogen-bond donors (Lipinski definition) is 0. The number of aromatic nitrogens is 2. The quantitative estimate of drug-likeness (QED) is 0.392.